The summed E-state index contributed by atoms with van der Waals surface area (Å²) in [6, 6.07) is 4.30. The first kappa shape index (κ1) is 12.7. The zero-order chi connectivity index (χ0) is 12.6. The molecule has 4 nitrogen and oxygen atoms in total. The first-order valence-electron chi connectivity index (χ1n) is 5.47. The molecule has 2 rings (SSSR count). The van der Waals surface area contributed by atoms with Crippen molar-refractivity contribution in [2.24, 2.45) is 5.92 Å². The molecule has 1 unspecified atom stereocenters. The number of benzene rings is 1. The Kier molecular flexibility index (Phi) is 3.34. The minimum absolute atomic E-state index is 0.0306. The highest BCUT2D eigenvalue weighted by Gasteiger charge is 2.31. The van der Waals surface area contributed by atoms with Gasteiger partial charge in [0.05, 0.1) is 15.6 Å². The summed E-state index contributed by atoms with van der Waals surface area (Å²) in [6.45, 7) is 1.88. The van der Waals surface area contributed by atoms with Gasteiger partial charge in [-0.05, 0) is 43.9 Å². The molecule has 17 heavy (non-hydrogen) atoms. The summed E-state index contributed by atoms with van der Waals surface area (Å²) >= 11 is 5.76. The smallest absolute Gasteiger partial charge is 0.240 e. The fraction of sp³-hybridized carbons (Fsp3) is 0.455. The number of nitrogens with two attached hydrogens (primary N) is 1. The van der Waals surface area contributed by atoms with E-state index in [2.05, 4.69) is 4.72 Å². The highest BCUT2D eigenvalue weighted by molar-refractivity contribution is 7.89. The molecule has 0 spiro atoms. The van der Waals surface area contributed by atoms with E-state index in [0.29, 0.717) is 10.9 Å². The normalized spacial score (nSPS) is 18.0. The van der Waals surface area contributed by atoms with Crippen molar-refractivity contribution in [1.29, 1.82) is 0 Å². The van der Waals surface area contributed by atoms with E-state index >= 15 is 0 Å². The molecule has 1 aromatic carbocycles. The molecule has 0 amide bonds. The molecule has 0 saturated heterocycles. The van der Waals surface area contributed by atoms with E-state index in [4.69, 9.17) is 17.3 Å². The van der Waals surface area contributed by atoms with Crippen molar-refractivity contribution in [2.75, 3.05) is 5.73 Å². The largest absolute Gasteiger partial charge is 0.397 e. The van der Waals surface area contributed by atoms with Crippen molar-refractivity contribution in [3.63, 3.8) is 0 Å². The van der Waals surface area contributed by atoms with E-state index in [1.807, 2.05) is 6.92 Å². The van der Waals surface area contributed by atoms with E-state index in [1.54, 1.807) is 0 Å². The van der Waals surface area contributed by atoms with Crippen LogP contribution in [0.15, 0.2) is 23.1 Å². The second-order valence-electron chi connectivity index (χ2n) is 4.43. The molecule has 0 aliphatic heterocycles. The lowest BCUT2D eigenvalue weighted by Gasteiger charge is -2.13. The summed E-state index contributed by atoms with van der Waals surface area (Å²) < 4.78 is 26.7. The van der Waals surface area contributed by atoms with Crippen molar-refractivity contribution in [3.8, 4) is 0 Å². The van der Waals surface area contributed by atoms with E-state index in [-0.39, 0.29) is 16.6 Å². The summed E-state index contributed by atoms with van der Waals surface area (Å²) in [5, 5.41) is 0.360. The maximum atomic E-state index is 12.0. The van der Waals surface area contributed by atoms with Crippen LogP contribution in [0.3, 0.4) is 0 Å². The van der Waals surface area contributed by atoms with Crippen LogP contribution in [-0.2, 0) is 10.0 Å². The van der Waals surface area contributed by atoms with Gasteiger partial charge in [-0.3, -0.25) is 0 Å². The number of sulfonamides is 1. The van der Waals surface area contributed by atoms with Gasteiger partial charge in [0.25, 0.3) is 0 Å². The Bertz CT molecular complexity index is 526. The maximum absolute atomic E-state index is 12.0. The summed E-state index contributed by atoms with van der Waals surface area (Å²) in [7, 11) is -3.49. The van der Waals surface area contributed by atoms with Crippen LogP contribution < -0.4 is 10.5 Å². The number of rotatable bonds is 4. The Morgan fingerprint density at radius 1 is 1.47 bits per heavy atom. The predicted octanol–water partition coefficient (Wildman–Crippen LogP) is 2.00. The fourth-order valence-corrected chi connectivity index (χ4v) is 3.16. The molecule has 1 aliphatic carbocycles. The molecule has 1 atom stereocenters. The zero-order valence-electron chi connectivity index (χ0n) is 9.48. The quantitative estimate of drug-likeness (QED) is 0.825. The Morgan fingerprint density at radius 2 is 2.12 bits per heavy atom. The number of hydrogen-bond acceptors (Lipinski definition) is 3. The van der Waals surface area contributed by atoms with E-state index < -0.39 is 10.0 Å². The molecule has 94 valence electrons. The third-order valence-corrected chi connectivity index (χ3v) is 4.85. The third kappa shape index (κ3) is 2.91. The molecule has 1 fully saturated rings. The molecule has 0 aromatic heterocycles. The standard InChI is InChI=1S/C11H15ClN2O2S/c1-7(8-2-3-8)14-17(15,16)9-4-5-10(12)11(13)6-9/h4-8,14H,2-3,13H2,1H3. The molecular weight excluding hydrogens is 260 g/mol. The Hall–Kier alpha value is -0.780. The van der Waals surface area contributed by atoms with Crippen LogP contribution in [0.1, 0.15) is 19.8 Å². The zero-order valence-corrected chi connectivity index (χ0v) is 11.1. The van der Waals surface area contributed by atoms with E-state index in [1.165, 1.54) is 18.2 Å². The number of nitrogens with one attached hydrogen (secondary N) is 1. The van der Waals surface area contributed by atoms with Crippen LogP contribution in [0, 0.1) is 5.92 Å². The Morgan fingerprint density at radius 3 is 2.65 bits per heavy atom. The Labute approximate surface area is 106 Å². The van der Waals surface area contributed by atoms with Gasteiger partial charge in [0.15, 0.2) is 0 Å². The fourth-order valence-electron chi connectivity index (χ4n) is 1.69. The first-order valence-corrected chi connectivity index (χ1v) is 7.33. The number of hydrogen-bond donors (Lipinski definition) is 2. The number of halogens is 1. The topological polar surface area (TPSA) is 72.2 Å². The van der Waals surface area contributed by atoms with Crippen LogP contribution in [0.4, 0.5) is 5.69 Å². The third-order valence-electron chi connectivity index (χ3n) is 2.95. The van der Waals surface area contributed by atoms with Gasteiger partial charge in [0.2, 0.25) is 10.0 Å². The van der Waals surface area contributed by atoms with Gasteiger partial charge in [0, 0.05) is 6.04 Å². The molecule has 1 aliphatic rings. The van der Waals surface area contributed by atoms with Crippen LogP contribution in [0.2, 0.25) is 5.02 Å². The van der Waals surface area contributed by atoms with Crippen molar-refractivity contribution in [3.05, 3.63) is 23.2 Å². The highest BCUT2D eigenvalue weighted by atomic mass is 35.5. The van der Waals surface area contributed by atoms with Gasteiger partial charge in [-0.2, -0.15) is 0 Å². The maximum Gasteiger partial charge on any atom is 0.240 e. The summed E-state index contributed by atoms with van der Waals surface area (Å²) in [5.41, 5.74) is 5.87. The van der Waals surface area contributed by atoms with Gasteiger partial charge in [-0.15, -0.1) is 0 Å². The lowest BCUT2D eigenvalue weighted by atomic mass is 10.2. The SMILES string of the molecule is CC(NS(=O)(=O)c1ccc(Cl)c(N)c1)C1CC1. The summed E-state index contributed by atoms with van der Waals surface area (Å²) in [6.07, 6.45) is 2.18. The molecule has 3 N–H and O–H groups in total. The Balaban J connectivity index is 2.21. The van der Waals surface area contributed by atoms with Crippen LogP contribution in [-0.4, -0.2) is 14.5 Å². The predicted molar refractivity (Wildman–Crippen MR) is 68.4 cm³/mol. The molecule has 1 aromatic rings. The van der Waals surface area contributed by atoms with Gasteiger partial charge in [0.1, 0.15) is 0 Å². The van der Waals surface area contributed by atoms with Gasteiger partial charge in [-0.1, -0.05) is 11.6 Å². The second-order valence-corrected chi connectivity index (χ2v) is 6.55. The van der Waals surface area contributed by atoms with Crippen molar-refractivity contribution >= 4 is 27.3 Å². The van der Waals surface area contributed by atoms with Gasteiger partial charge >= 0.3 is 0 Å². The average Bonchev–Trinajstić information content (AvgIpc) is 3.04. The number of anilines is 1. The van der Waals surface area contributed by atoms with Crippen molar-refractivity contribution in [1.82, 2.24) is 4.72 Å². The molecule has 0 heterocycles. The lowest BCUT2D eigenvalue weighted by molar-refractivity contribution is 0.538. The summed E-state index contributed by atoms with van der Waals surface area (Å²) in [5.74, 6) is 0.467. The van der Waals surface area contributed by atoms with E-state index in [9.17, 15) is 8.42 Å². The van der Waals surface area contributed by atoms with Crippen molar-refractivity contribution < 1.29 is 8.42 Å². The molecule has 0 radical (unpaired) electrons. The van der Waals surface area contributed by atoms with Crippen molar-refractivity contribution in [2.45, 2.75) is 30.7 Å². The second kappa shape index (κ2) is 4.48. The first-order chi connectivity index (χ1) is 7.90. The van der Waals surface area contributed by atoms with Gasteiger partial charge < -0.3 is 5.73 Å². The number of nitrogen functional groups attached to an aromatic ring is 1. The van der Waals surface area contributed by atoms with E-state index in [0.717, 1.165) is 12.8 Å². The lowest BCUT2D eigenvalue weighted by Crippen LogP contribution is -2.34. The minimum Gasteiger partial charge on any atom is -0.397 e. The molecular formula is C11H15ClN2O2S. The average molecular weight is 275 g/mol. The van der Waals surface area contributed by atoms with Crippen LogP contribution in [0.5, 0.6) is 0 Å². The summed E-state index contributed by atoms with van der Waals surface area (Å²) in [4.78, 5) is 0.159. The van der Waals surface area contributed by atoms with Crippen LogP contribution >= 0.6 is 11.6 Å². The highest BCUT2D eigenvalue weighted by Crippen LogP contribution is 2.33. The molecule has 0 bridgehead atoms. The van der Waals surface area contributed by atoms with Crippen LogP contribution in [0.25, 0.3) is 0 Å². The molecule has 1 saturated carbocycles. The van der Waals surface area contributed by atoms with Gasteiger partial charge in [-0.25, -0.2) is 13.1 Å². The minimum atomic E-state index is -3.49. The molecule has 6 heteroatoms. The monoisotopic (exact) mass is 274 g/mol.